The Hall–Kier alpha value is -0.800. The fourth-order valence-corrected chi connectivity index (χ4v) is 1.71. The molecular weight excluding hydrogens is 197 g/mol. The van der Waals surface area contributed by atoms with Crippen LogP contribution in [-0.4, -0.2) is 36.4 Å². The molecule has 3 nitrogen and oxygen atoms in total. The summed E-state index contributed by atoms with van der Waals surface area (Å²) in [4.78, 5) is 13.3. The van der Waals surface area contributed by atoms with Crippen LogP contribution in [0.4, 0.5) is 9.18 Å². The van der Waals surface area contributed by atoms with Gasteiger partial charge in [0, 0.05) is 13.1 Å². The van der Waals surface area contributed by atoms with Crippen LogP contribution < -0.4 is 0 Å². The Labute approximate surface area is 90.6 Å². The third-order valence-corrected chi connectivity index (χ3v) is 2.45. The molecule has 88 valence electrons. The Kier molecular flexibility index (Phi) is 3.94. The van der Waals surface area contributed by atoms with Crippen LogP contribution in [0.5, 0.6) is 0 Å². The number of ether oxygens (including phenoxy) is 1. The summed E-state index contributed by atoms with van der Waals surface area (Å²) in [6, 6.07) is 0. The molecule has 1 rings (SSSR count). The van der Waals surface area contributed by atoms with E-state index in [-0.39, 0.29) is 12.8 Å². The molecule has 1 aliphatic heterocycles. The van der Waals surface area contributed by atoms with Crippen molar-refractivity contribution in [3.63, 3.8) is 0 Å². The van der Waals surface area contributed by atoms with Gasteiger partial charge in [-0.2, -0.15) is 0 Å². The largest absolute Gasteiger partial charge is 0.444 e. The van der Waals surface area contributed by atoms with E-state index < -0.39 is 5.60 Å². The summed E-state index contributed by atoms with van der Waals surface area (Å²) in [5, 5.41) is 0. The van der Waals surface area contributed by atoms with Crippen molar-refractivity contribution in [2.75, 3.05) is 19.8 Å². The minimum absolute atomic E-state index is 0.274. The first-order valence-corrected chi connectivity index (χ1v) is 5.46. The standard InChI is InChI=1S/C11H20FNO2/c1-11(2,3)15-10(14)13-7-5-9(8-13)4-6-12/h9H,4-8H2,1-3H3. The topological polar surface area (TPSA) is 29.5 Å². The van der Waals surface area contributed by atoms with E-state index in [9.17, 15) is 9.18 Å². The van der Waals surface area contributed by atoms with E-state index in [0.717, 1.165) is 6.42 Å². The molecule has 0 aromatic carbocycles. The lowest BCUT2D eigenvalue weighted by atomic mass is 10.1. The van der Waals surface area contributed by atoms with Gasteiger partial charge >= 0.3 is 6.09 Å². The molecule has 1 fully saturated rings. The first kappa shape index (κ1) is 12.3. The molecule has 0 bridgehead atoms. The van der Waals surface area contributed by atoms with Crippen molar-refractivity contribution in [2.45, 2.75) is 39.2 Å². The molecule has 0 radical (unpaired) electrons. The monoisotopic (exact) mass is 217 g/mol. The average Bonchev–Trinajstić information content (AvgIpc) is 2.50. The number of halogens is 1. The molecule has 15 heavy (non-hydrogen) atoms. The number of hydrogen-bond acceptors (Lipinski definition) is 2. The molecule has 1 saturated heterocycles. The van der Waals surface area contributed by atoms with Crippen molar-refractivity contribution < 1.29 is 13.9 Å². The number of carbonyl (C=O) groups excluding carboxylic acids is 1. The van der Waals surface area contributed by atoms with E-state index >= 15 is 0 Å². The molecule has 0 spiro atoms. The number of hydrogen-bond donors (Lipinski definition) is 0. The first-order valence-electron chi connectivity index (χ1n) is 5.46. The van der Waals surface area contributed by atoms with E-state index in [1.54, 1.807) is 4.90 Å². The summed E-state index contributed by atoms with van der Waals surface area (Å²) in [6.07, 6.45) is 1.17. The molecule has 1 atom stereocenters. The van der Waals surface area contributed by atoms with Gasteiger partial charge in [-0.15, -0.1) is 0 Å². The summed E-state index contributed by atoms with van der Waals surface area (Å²) in [5.74, 6) is 0.308. The van der Waals surface area contributed by atoms with Crippen molar-refractivity contribution in [3.05, 3.63) is 0 Å². The highest BCUT2D eigenvalue weighted by Crippen LogP contribution is 2.21. The third-order valence-electron chi connectivity index (χ3n) is 2.45. The zero-order valence-corrected chi connectivity index (χ0v) is 9.75. The number of carbonyl (C=O) groups is 1. The number of likely N-dealkylation sites (tertiary alicyclic amines) is 1. The second kappa shape index (κ2) is 4.81. The van der Waals surface area contributed by atoms with Gasteiger partial charge in [-0.1, -0.05) is 0 Å². The molecule has 4 heteroatoms. The Morgan fingerprint density at radius 2 is 2.20 bits per heavy atom. The summed E-state index contributed by atoms with van der Waals surface area (Å²) >= 11 is 0. The zero-order chi connectivity index (χ0) is 11.5. The predicted octanol–water partition coefficient (Wildman–Crippen LogP) is 2.60. The molecule has 1 amide bonds. The van der Waals surface area contributed by atoms with Crippen molar-refractivity contribution in [3.8, 4) is 0 Å². The molecule has 0 aromatic rings. The van der Waals surface area contributed by atoms with Gasteiger partial charge in [0.25, 0.3) is 0 Å². The fourth-order valence-electron chi connectivity index (χ4n) is 1.71. The highest BCUT2D eigenvalue weighted by molar-refractivity contribution is 5.68. The molecule has 0 aromatic heterocycles. The maximum Gasteiger partial charge on any atom is 0.410 e. The minimum atomic E-state index is -0.449. The highest BCUT2D eigenvalue weighted by atomic mass is 19.1. The second-order valence-corrected chi connectivity index (χ2v) is 5.06. The fraction of sp³-hybridized carbons (Fsp3) is 0.909. The second-order valence-electron chi connectivity index (χ2n) is 5.06. The summed E-state index contributed by atoms with van der Waals surface area (Å²) in [6.45, 7) is 6.57. The molecule has 1 unspecified atom stereocenters. The summed E-state index contributed by atoms with van der Waals surface area (Å²) in [7, 11) is 0. The van der Waals surface area contributed by atoms with Crippen molar-refractivity contribution in [1.82, 2.24) is 4.90 Å². The SMILES string of the molecule is CC(C)(C)OC(=O)N1CCC(CCF)C1. The summed E-state index contributed by atoms with van der Waals surface area (Å²) < 4.78 is 17.4. The van der Waals surface area contributed by atoms with E-state index in [2.05, 4.69) is 0 Å². The number of nitrogens with zero attached hydrogens (tertiary/aromatic N) is 1. The van der Waals surface area contributed by atoms with Gasteiger partial charge in [0.1, 0.15) is 5.60 Å². The van der Waals surface area contributed by atoms with Crippen LogP contribution in [0.2, 0.25) is 0 Å². The lowest BCUT2D eigenvalue weighted by Crippen LogP contribution is -2.35. The first-order chi connectivity index (χ1) is 6.92. The van der Waals surface area contributed by atoms with Crippen LogP contribution in [0.3, 0.4) is 0 Å². The van der Waals surface area contributed by atoms with Gasteiger partial charge in [-0.25, -0.2) is 4.79 Å². The number of rotatable bonds is 2. The lowest BCUT2D eigenvalue weighted by molar-refractivity contribution is 0.0287. The average molecular weight is 217 g/mol. The van der Waals surface area contributed by atoms with Crippen molar-refractivity contribution >= 4 is 6.09 Å². The van der Waals surface area contributed by atoms with Gasteiger partial charge in [0.15, 0.2) is 0 Å². The quantitative estimate of drug-likeness (QED) is 0.711. The van der Waals surface area contributed by atoms with Crippen LogP contribution in [0, 0.1) is 5.92 Å². The van der Waals surface area contributed by atoms with Crippen molar-refractivity contribution in [2.24, 2.45) is 5.92 Å². The summed E-state index contributed by atoms with van der Waals surface area (Å²) in [5.41, 5.74) is -0.449. The smallest absolute Gasteiger partial charge is 0.410 e. The predicted molar refractivity (Wildman–Crippen MR) is 56.5 cm³/mol. The van der Waals surface area contributed by atoms with Crippen LogP contribution in [0.25, 0.3) is 0 Å². The van der Waals surface area contributed by atoms with Crippen LogP contribution in [0.1, 0.15) is 33.6 Å². The van der Waals surface area contributed by atoms with E-state index in [0.29, 0.717) is 25.4 Å². The normalized spacial score (nSPS) is 21.9. The van der Waals surface area contributed by atoms with Gasteiger partial charge in [0.05, 0.1) is 6.67 Å². The van der Waals surface area contributed by atoms with Crippen molar-refractivity contribution in [1.29, 1.82) is 0 Å². The Morgan fingerprint density at radius 3 is 2.73 bits per heavy atom. The van der Waals surface area contributed by atoms with Crippen LogP contribution in [-0.2, 0) is 4.74 Å². The van der Waals surface area contributed by atoms with E-state index in [4.69, 9.17) is 4.74 Å². The van der Waals surface area contributed by atoms with E-state index in [1.807, 2.05) is 20.8 Å². The highest BCUT2D eigenvalue weighted by Gasteiger charge is 2.29. The molecule has 1 heterocycles. The Morgan fingerprint density at radius 1 is 1.53 bits per heavy atom. The van der Waals surface area contributed by atoms with Crippen LogP contribution >= 0.6 is 0 Å². The van der Waals surface area contributed by atoms with Gasteiger partial charge < -0.3 is 9.64 Å². The Bertz CT molecular complexity index is 225. The lowest BCUT2D eigenvalue weighted by Gasteiger charge is -2.24. The zero-order valence-electron chi connectivity index (χ0n) is 9.75. The molecule has 0 aliphatic carbocycles. The molecular formula is C11H20FNO2. The molecule has 0 saturated carbocycles. The maximum atomic E-state index is 12.1. The van der Waals surface area contributed by atoms with Gasteiger partial charge in [-0.3, -0.25) is 4.39 Å². The van der Waals surface area contributed by atoms with Crippen LogP contribution in [0.15, 0.2) is 0 Å². The maximum absolute atomic E-state index is 12.1. The van der Waals surface area contributed by atoms with E-state index in [1.165, 1.54) is 0 Å². The van der Waals surface area contributed by atoms with Gasteiger partial charge in [-0.05, 0) is 39.5 Å². The molecule has 1 aliphatic rings. The molecule has 0 N–H and O–H groups in total. The number of alkyl halides is 1. The Balaban J connectivity index is 2.37. The minimum Gasteiger partial charge on any atom is -0.444 e. The number of amides is 1. The van der Waals surface area contributed by atoms with Gasteiger partial charge in [0.2, 0.25) is 0 Å². The third kappa shape index (κ3) is 4.06.